The smallest absolute Gasteiger partial charge is 0.323 e. The summed E-state index contributed by atoms with van der Waals surface area (Å²) in [5.74, 6) is -2.24. The lowest BCUT2D eigenvalue weighted by molar-refractivity contribution is -0.158. The molecule has 3 atom stereocenters. The Hall–Kier alpha value is -4.83. The molecule has 48 heavy (non-hydrogen) atoms. The summed E-state index contributed by atoms with van der Waals surface area (Å²) in [6.07, 6.45) is 0.644. The molecular weight excluding hydrogens is 608 g/mol. The van der Waals surface area contributed by atoms with Gasteiger partial charge >= 0.3 is 5.97 Å². The maximum Gasteiger partial charge on any atom is 0.323 e. The first-order valence-corrected chi connectivity index (χ1v) is 16.4. The van der Waals surface area contributed by atoms with E-state index in [0.29, 0.717) is 17.5 Å². The summed E-state index contributed by atoms with van der Waals surface area (Å²) >= 11 is 0. The normalized spacial score (nSPS) is 14.7. The number of ether oxygens (including phenoxy) is 1. The van der Waals surface area contributed by atoms with E-state index in [1.807, 2.05) is 80.6 Å². The number of carbonyl (C=O) groups excluding carboxylic acids is 5. The number of nitrogens with zero attached hydrogens (tertiary/aromatic N) is 1. The maximum atomic E-state index is 13.8. The number of imide groups is 1. The molecule has 0 radical (unpaired) electrons. The van der Waals surface area contributed by atoms with Gasteiger partial charge in [-0.3, -0.25) is 34.2 Å². The Labute approximate surface area is 282 Å². The topological polar surface area (TPSA) is 134 Å². The van der Waals surface area contributed by atoms with E-state index < -0.39 is 47.4 Å². The van der Waals surface area contributed by atoms with Gasteiger partial charge in [0.15, 0.2) is 0 Å². The van der Waals surface area contributed by atoms with Crippen molar-refractivity contribution in [1.29, 1.82) is 0 Å². The molecule has 3 aromatic carbocycles. The molecule has 10 heteroatoms. The van der Waals surface area contributed by atoms with E-state index in [-0.39, 0.29) is 31.2 Å². The molecule has 0 aliphatic carbocycles. The lowest BCUT2D eigenvalue weighted by Gasteiger charge is -2.30. The van der Waals surface area contributed by atoms with Crippen LogP contribution in [0.3, 0.4) is 0 Å². The summed E-state index contributed by atoms with van der Waals surface area (Å²) in [6, 6.07) is 21.4. The highest BCUT2D eigenvalue weighted by molar-refractivity contribution is 6.21. The van der Waals surface area contributed by atoms with E-state index in [4.69, 9.17) is 4.74 Å². The van der Waals surface area contributed by atoms with Crippen molar-refractivity contribution in [1.82, 2.24) is 20.9 Å². The number of hydrogen-bond donors (Lipinski definition) is 3. The largest absolute Gasteiger partial charge is 0.459 e. The molecule has 3 N–H and O–H groups in total. The van der Waals surface area contributed by atoms with Crippen LogP contribution in [0.5, 0.6) is 0 Å². The van der Waals surface area contributed by atoms with E-state index in [0.717, 1.165) is 21.6 Å². The quantitative estimate of drug-likeness (QED) is 0.172. The van der Waals surface area contributed by atoms with Crippen LogP contribution >= 0.6 is 0 Å². The van der Waals surface area contributed by atoms with Gasteiger partial charge in [-0.1, -0.05) is 80.6 Å². The number of benzene rings is 3. The summed E-state index contributed by atoms with van der Waals surface area (Å²) in [4.78, 5) is 68.1. The van der Waals surface area contributed by atoms with Crippen molar-refractivity contribution in [3.63, 3.8) is 0 Å². The van der Waals surface area contributed by atoms with Crippen LogP contribution in [0.15, 0.2) is 78.9 Å². The minimum absolute atomic E-state index is 0.0106. The molecule has 0 fully saturated rings. The number of carbonyl (C=O) groups is 5. The fourth-order valence-electron chi connectivity index (χ4n) is 5.67. The van der Waals surface area contributed by atoms with Gasteiger partial charge < -0.3 is 15.4 Å². The van der Waals surface area contributed by atoms with E-state index >= 15 is 0 Å². The fraction of sp³-hybridized carbons (Fsp3) is 0.395. The Kier molecular flexibility index (Phi) is 11.9. The summed E-state index contributed by atoms with van der Waals surface area (Å²) in [5, 5.41) is 8.66. The van der Waals surface area contributed by atoms with Crippen LogP contribution in [0, 0.1) is 5.92 Å². The zero-order valence-electron chi connectivity index (χ0n) is 28.5. The summed E-state index contributed by atoms with van der Waals surface area (Å²) in [6.45, 7) is 9.06. The molecule has 0 unspecified atom stereocenters. The van der Waals surface area contributed by atoms with Gasteiger partial charge in [-0.2, -0.15) is 0 Å². The molecule has 1 aliphatic rings. The first-order valence-electron chi connectivity index (χ1n) is 16.4. The minimum Gasteiger partial charge on any atom is -0.459 e. The van der Waals surface area contributed by atoms with Crippen LogP contribution < -0.4 is 16.0 Å². The third-order valence-electron chi connectivity index (χ3n) is 8.00. The zero-order valence-corrected chi connectivity index (χ0v) is 28.5. The number of likely N-dealkylation sites (N-methyl/N-ethyl adjacent to an activating group) is 1. The van der Waals surface area contributed by atoms with Crippen LogP contribution in [-0.4, -0.2) is 71.8 Å². The predicted molar refractivity (Wildman–Crippen MR) is 184 cm³/mol. The molecule has 0 aromatic heterocycles. The van der Waals surface area contributed by atoms with Crippen LogP contribution in [-0.2, 0) is 25.5 Å². The lowest BCUT2D eigenvalue weighted by atomic mass is 9.99. The molecule has 3 aromatic rings. The van der Waals surface area contributed by atoms with Crippen molar-refractivity contribution in [2.75, 3.05) is 13.6 Å². The van der Waals surface area contributed by atoms with E-state index in [9.17, 15) is 24.0 Å². The number of amides is 4. The SMILES string of the molecule is CNC(=O)[C@H](Cc1ccccc1)NC(=O)[C@H](CC(C)C)N[C@H](CCN1C(=O)c2ccc(-c3ccccc3)cc2C1=O)C(=O)OC(C)(C)C. The van der Waals surface area contributed by atoms with E-state index in [1.54, 1.807) is 32.9 Å². The number of nitrogens with one attached hydrogen (secondary N) is 3. The molecule has 1 heterocycles. The summed E-state index contributed by atoms with van der Waals surface area (Å²) in [7, 11) is 1.51. The van der Waals surface area contributed by atoms with Crippen LogP contribution in [0.4, 0.5) is 0 Å². The van der Waals surface area contributed by atoms with Crippen molar-refractivity contribution in [3.8, 4) is 11.1 Å². The van der Waals surface area contributed by atoms with Crippen molar-refractivity contribution in [2.45, 2.75) is 77.6 Å². The zero-order chi connectivity index (χ0) is 35.0. The maximum absolute atomic E-state index is 13.8. The molecule has 0 spiro atoms. The standard InChI is InChI=1S/C38H46N4O6/c1-24(2)21-31(34(44)41-32(33(43)39-6)22-25-13-9-7-10-14-25)40-30(37(47)48-38(3,4)5)19-20-42-35(45)28-18-17-27(23-29(28)36(42)46)26-15-11-8-12-16-26/h7-18,23-24,30-32,40H,19-22H2,1-6H3,(H,39,43)(H,41,44)/t30-,31+,32+/m1/s1. The molecule has 254 valence electrons. The monoisotopic (exact) mass is 654 g/mol. The molecule has 0 bridgehead atoms. The fourth-order valence-corrected chi connectivity index (χ4v) is 5.67. The lowest BCUT2D eigenvalue weighted by Crippen LogP contribution is -2.57. The van der Waals surface area contributed by atoms with E-state index in [1.165, 1.54) is 7.05 Å². The van der Waals surface area contributed by atoms with Gasteiger partial charge in [-0.05, 0) is 68.4 Å². The molecule has 0 saturated carbocycles. The van der Waals surface area contributed by atoms with E-state index in [2.05, 4.69) is 16.0 Å². The highest BCUT2D eigenvalue weighted by Gasteiger charge is 2.38. The van der Waals surface area contributed by atoms with Gasteiger partial charge in [0.25, 0.3) is 11.8 Å². The molecule has 1 aliphatic heterocycles. The predicted octanol–water partition coefficient (Wildman–Crippen LogP) is 4.53. The number of fused-ring (bicyclic) bond motifs is 1. The first kappa shape index (κ1) is 36.0. The molecule has 0 saturated heterocycles. The summed E-state index contributed by atoms with van der Waals surface area (Å²) in [5.41, 5.74) is 2.40. The van der Waals surface area contributed by atoms with Crippen LogP contribution in [0.25, 0.3) is 11.1 Å². The highest BCUT2D eigenvalue weighted by Crippen LogP contribution is 2.29. The van der Waals surface area contributed by atoms with Crippen molar-refractivity contribution in [3.05, 3.63) is 95.6 Å². The Morgan fingerprint density at radius 1 is 0.771 bits per heavy atom. The highest BCUT2D eigenvalue weighted by atomic mass is 16.6. The Balaban J connectivity index is 1.54. The second kappa shape index (κ2) is 15.8. The molecule has 4 amide bonds. The third kappa shape index (κ3) is 9.38. The Morgan fingerprint density at radius 2 is 1.40 bits per heavy atom. The Morgan fingerprint density at radius 3 is 2.00 bits per heavy atom. The average Bonchev–Trinajstić information content (AvgIpc) is 3.29. The van der Waals surface area contributed by atoms with Gasteiger partial charge in [0.2, 0.25) is 11.8 Å². The van der Waals surface area contributed by atoms with Crippen molar-refractivity contribution < 1.29 is 28.7 Å². The molecular formula is C38H46N4O6. The van der Waals surface area contributed by atoms with Crippen molar-refractivity contribution >= 4 is 29.6 Å². The molecule has 10 nitrogen and oxygen atoms in total. The summed E-state index contributed by atoms with van der Waals surface area (Å²) < 4.78 is 5.71. The van der Waals surface area contributed by atoms with Gasteiger partial charge in [0, 0.05) is 20.0 Å². The van der Waals surface area contributed by atoms with Gasteiger partial charge in [-0.25, -0.2) is 0 Å². The molecule has 4 rings (SSSR count). The van der Waals surface area contributed by atoms with Crippen LogP contribution in [0.1, 0.15) is 73.7 Å². The van der Waals surface area contributed by atoms with Crippen LogP contribution in [0.2, 0.25) is 0 Å². The van der Waals surface area contributed by atoms with Gasteiger partial charge in [-0.15, -0.1) is 0 Å². The first-order chi connectivity index (χ1) is 22.8. The van der Waals surface area contributed by atoms with Gasteiger partial charge in [0.1, 0.15) is 17.7 Å². The average molecular weight is 655 g/mol. The third-order valence-corrected chi connectivity index (χ3v) is 8.00. The number of hydrogen-bond acceptors (Lipinski definition) is 7. The Bertz CT molecular complexity index is 1620. The number of rotatable bonds is 14. The van der Waals surface area contributed by atoms with Crippen molar-refractivity contribution in [2.24, 2.45) is 5.92 Å². The second-order valence-electron chi connectivity index (χ2n) is 13.5. The van der Waals surface area contributed by atoms with Gasteiger partial charge in [0.05, 0.1) is 17.2 Å². The number of esters is 1. The minimum atomic E-state index is -1.03. The second-order valence-corrected chi connectivity index (χ2v) is 13.5.